The Bertz CT molecular complexity index is 928. The lowest BCUT2D eigenvalue weighted by atomic mass is 9.94. The molecule has 1 aliphatic rings. The second kappa shape index (κ2) is 7.59. The van der Waals surface area contributed by atoms with Crippen LogP contribution in [0.3, 0.4) is 0 Å². The van der Waals surface area contributed by atoms with Gasteiger partial charge in [-0.3, -0.25) is 4.79 Å². The van der Waals surface area contributed by atoms with Crippen LogP contribution in [0.5, 0.6) is 11.5 Å². The first-order chi connectivity index (χ1) is 12.9. The Labute approximate surface area is 161 Å². The first-order valence-electron chi connectivity index (χ1n) is 8.12. The number of hydrogen-bond acceptors (Lipinski definition) is 4. The summed E-state index contributed by atoms with van der Waals surface area (Å²) in [5, 5.41) is 18.3. The highest BCUT2D eigenvalue weighted by atomic mass is 35.5. The van der Waals surface area contributed by atoms with Gasteiger partial charge in [0.25, 0.3) is 5.91 Å². The smallest absolute Gasteiger partial charge is 0.319 e. The van der Waals surface area contributed by atoms with Gasteiger partial charge in [0.1, 0.15) is 0 Å². The summed E-state index contributed by atoms with van der Waals surface area (Å²) in [4.78, 5) is 24.9. The van der Waals surface area contributed by atoms with E-state index in [1.807, 2.05) is 6.07 Å². The van der Waals surface area contributed by atoms with Crippen molar-refractivity contribution in [2.45, 2.75) is 13.0 Å². The van der Waals surface area contributed by atoms with Crippen molar-refractivity contribution in [3.63, 3.8) is 0 Å². The molecule has 0 spiro atoms. The molecule has 0 bridgehead atoms. The first-order valence-corrected chi connectivity index (χ1v) is 8.50. The fourth-order valence-electron chi connectivity index (χ4n) is 2.90. The number of phenolic OH excluding ortho intramolecular Hbond substituents is 1. The predicted octanol–water partition coefficient (Wildman–Crippen LogP) is 3.32. The molecule has 0 aliphatic carbocycles. The largest absolute Gasteiger partial charge is 0.503 e. The van der Waals surface area contributed by atoms with Crippen molar-refractivity contribution in [2.75, 3.05) is 12.4 Å². The van der Waals surface area contributed by atoms with Gasteiger partial charge in [0.05, 0.1) is 23.7 Å². The lowest BCUT2D eigenvalue weighted by Crippen LogP contribution is -2.46. The van der Waals surface area contributed by atoms with Crippen LogP contribution in [0.25, 0.3) is 0 Å². The van der Waals surface area contributed by atoms with Gasteiger partial charge >= 0.3 is 6.03 Å². The van der Waals surface area contributed by atoms with Gasteiger partial charge in [0.15, 0.2) is 11.5 Å². The van der Waals surface area contributed by atoms with Crippen molar-refractivity contribution in [3.05, 3.63) is 64.3 Å². The van der Waals surface area contributed by atoms with Crippen LogP contribution < -0.4 is 20.7 Å². The van der Waals surface area contributed by atoms with Crippen LogP contribution >= 0.6 is 11.6 Å². The number of benzene rings is 2. The molecular weight excluding hydrogens is 370 g/mol. The molecule has 27 heavy (non-hydrogen) atoms. The Hall–Kier alpha value is -3.19. The number of anilines is 1. The molecule has 0 fully saturated rings. The molecule has 140 valence electrons. The second-order valence-corrected chi connectivity index (χ2v) is 6.29. The summed E-state index contributed by atoms with van der Waals surface area (Å²) < 4.78 is 5.04. The molecule has 7 nitrogen and oxygen atoms in total. The Morgan fingerprint density at radius 2 is 1.93 bits per heavy atom. The summed E-state index contributed by atoms with van der Waals surface area (Å²) in [5.41, 5.74) is 1.66. The summed E-state index contributed by atoms with van der Waals surface area (Å²) in [5.74, 6) is -0.465. The van der Waals surface area contributed by atoms with Crippen molar-refractivity contribution in [1.29, 1.82) is 0 Å². The number of halogens is 1. The van der Waals surface area contributed by atoms with Crippen LogP contribution in [-0.2, 0) is 4.79 Å². The fraction of sp³-hybridized carbons (Fsp3) is 0.158. The number of para-hydroxylation sites is 1. The molecule has 1 atom stereocenters. The van der Waals surface area contributed by atoms with E-state index in [1.165, 1.54) is 13.2 Å². The molecule has 0 radical (unpaired) electrons. The van der Waals surface area contributed by atoms with E-state index in [9.17, 15) is 14.7 Å². The zero-order chi connectivity index (χ0) is 19.6. The van der Waals surface area contributed by atoms with Gasteiger partial charge in [-0.15, -0.1) is 0 Å². The molecule has 3 rings (SSSR count). The minimum Gasteiger partial charge on any atom is -0.503 e. The third-order valence-corrected chi connectivity index (χ3v) is 4.58. The lowest BCUT2D eigenvalue weighted by Gasteiger charge is -2.29. The number of carbonyl (C=O) groups excluding carboxylic acids is 2. The third kappa shape index (κ3) is 3.68. The van der Waals surface area contributed by atoms with E-state index in [4.69, 9.17) is 16.3 Å². The Morgan fingerprint density at radius 1 is 1.22 bits per heavy atom. The monoisotopic (exact) mass is 387 g/mol. The van der Waals surface area contributed by atoms with Gasteiger partial charge in [-0.05, 0) is 25.1 Å². The number of hydrogen-bond donors (Lipinski definition) is 4. The van der Waals surface area contributed by atoms with Gasteiger partial charge in [-0.25, -0.2) is 4.79 Å². The Kier molecular flexibility index (Phi) is 5.23. The first kappa shape index (κ1) is 18.6. The summed E-state index contributed by atoms with van der Waals surface area (Å²) in [6, 6.07) is 10.7. The van der Waals surface area contributed by atoms with Crippen LogP contribution in [0.2, 0.25) is 5.02 Å². The van der Waals surface area contributed by atoms with Crippen LogP contribution in [0.15, 0.2) is 53.7 Å². The zero-order valence-corrected chi connectivity index (χ0v) is 15.4. The van der Waals surface area contributed by atoms with Crippen LogP contribution in [0.1, 0.15) is 18.5 Å². The van der Waals surface area contributed by atoms with Gasteiger partial charge in [-0.2, -0.15) is 0 Å². The molecule has 0 saturated heterocycles. The maximum Gasteiger partial charge on any atom is 0.319 e. The number of rotatable bonds is 4. The molecule has 4 N–H and O–H groups in total. The zero-order valence-electron chi connectivity index (χ0n) is 14.7. The number of aromatic hydroxyl groups is 1. The number of nitrogens with one attached hydrogen (secondary N) is 3. The van der Waals surface area contributed by atoms with E-state index in [1.54, 1.807) is 37.3 Å². The second-order valence-electron chi connectivity index (χ2n) is 5.91. The van der Waals surface area contributed by atoms with Crippen LogP contribution in [-0.4, -0.2) is 24.2 Å². The predicted molar refractivity (Wildman–Crippen MR) is 102 cm³/mol. The molecule has 0 aromatic heterocycles. The quantitative estimate of drug-likeness (QED) is 0.646. The SMILES string of the molecule is COc1ccc(C2NC(=O)NC(C)=C2C(=O)Nc2ccccc2)c(Cl)c1O. The van der Waals surface area contributed by atoms with E-state index in [0.717, 1.165) is 0 Å². The number of carbonyl (C=O) groups is 2. The maximum atomic E-state index is 12.9. The van der Waals surface area contributed by atoms with Crippen LogP contribution in [0, 0.1) is 0 Å². The molecule has 1 heterocycles. The van der Waals surface area contributed by atoms with Gasteiger partial charge in [0.2, 0.25) is 0 Å². The number of urea groups is 1. The normalized spacial score (nSPS) is 16.4. The molecule has 2 aromatic carbocycles. The Morgan fingerprint density at radius 3 is 2.59 bits per heavy atom. The summed E-state index contributed by atoms with van der Waals surface area (Å²) in [7, 11) is 1.40. The number of amides is 3. The molecule has 1 aliphatic heterocycles. The maximum absolute atomic E-state index is 12.9. The van der Waals surface area contributed by atoms with Crippen molar-refractivity contribution < 1.29 is 19.4 Å². The van der Waals surface area contributed by atoms with Crippen LogP contribution in [0.4, 0.5) is 10.5 Å². The molecule has 8 heteroatoms. The standard InChI is InChI=1S/C19H18ClN3O4/c1-10-14(18(25)22-11-6-4-3-5-7-11)16(23-19(26)21-10)12-8-9-13(27-2)17(24)15(12)20/h3-9,16,24H,1-2H3,(H,22,25)(H2,21,23,26). The summed E-state index contributed by atoms with van der Waals surface area (Å²) in [6.07, 6.45) is 0. The molecule has 2 aromatic rings. The van der Waals surface area contributed by atoms with Crippen molar-refractivity contribution in [2.24, 2.45) is 0 Å². The Balaban J connectivity index is 2.02. The van der Waals surface area contributed by atoms with Gasteiger partial charge in [0, 0.05) is 16.9 Å². The average molecular weight is 388 g/mol. The van der Waals surface area contributed by atoms with E-state index in [2.05, 4.69) is 16.0 Å². The summed E-state index contributed by atoms with van der Waals surface area (Å²) in [6.45, 7) is 1.63. The van der Waals surface area contributed by atoms with Crippen molar-refractivity contribution in [3.8, 4) is 11.5 Å². The minimum atomic E-state index is -0.841. The number of phenols is 1. The molecular formula is C19H18ClN3O4. The van der Waals surface area contributed by atoms with Gasteiger partial charge in [-0.1, -0.05) is 35.9 Å². The van der Waals surface area contributed by atoms with E-state index < -0.39 is 18.0 Å². The highest BCUT2D eigenvalue weighted by molar-refractivity contribution is 6.33. The number of methoxy groups -OCH3 is 1. The van der Waals surface area contributed by atoms with E-state index in [0.29, 0.717) is 16.9 Å². The molecule has 0 saturated carbocycles. The number of allylic oxidation sites excluding steroid dienone is 1. The van der Waals surface area contributed by atoms with E-state index >= 15 is 0 Å². The van der Waals surface area contributed by atoms with Crippen molar-refractivity contribution >= 4 is 29.2 Å². The third-order valence-electron chi connectivity index (χ3n) is 4.19. The number of ether oxygens (including phenoxy) is 1. The van der Waals surface area contributed by atoms with Gasteiger partial charge < -0.3 is 25.8 Å². The van der Waals surface area contributed by atoms with E-state index in [-0.39, 0.29) is 22.1 Å². The minimum absolute atomic E-state index is 0.000592. The average Bonchev–Trinajstić information content (AvgIpc) is 2.64. The highest BCUT2D eigenvalue weighted by Gasteiger charge is 2.33. The van der Waals surface area contributed by atoms with Crippen molar-refractivity contribution in [1.82, 2.24) is 10.6 Å². The summed E-state index contributed by atoms with van der Waals surface area (Å²) >= 11 is 6.28. The molecule has 1 unspecified atom stereocenters. The lowest BCUT2D eigenvalue weighted by molar-refractivity contribution is -0.113. The topological polar surface area (TPSA) is 99.7 Å². The fourth-order valence-corrected chi connectivity index (χ4v) is 3.16. The molecule has 3 amide bonds. The highest BCUT2D eigenvalue weighted by Crippen LogP contribution is 2.41.